The summed E-state index contributed by atoms with van der Waals surface area (Å²) in [6.45, 7) is 0.139. The Morgan fingerprint density at radius 3 is 2.61 bits per heavy atom. The Labute approximate surface area is 111 Å². The van der Waals surface area contributed by atoms with Gasteiger partial charge >= 0.3 is 0 Å². The molecule has 2 rings (SSSR count). The van der Waals surface area contributed by atoms with E-state index in [1.807, 2.05) is 0 Å². The molecule has 0 unspecified atom stereocenters. The van der Waals surface area contributed by atoms with Gasteiger partial charge in [-0.3, -0.25) is 0 Å². The summed E-state index contributed by atoms with van der Waals surface area (Å²) >= 11 is 5.92. The smallest absolute Gasteiger partial charge is 0.216 e. The predicted molar refractivity (Wildman–Crippen MR) is 69.6 cm³/mol. The van der Waals surface area contributed by atoms with Gasteiger partial charge in [0.25, 0.3) is 0 Å². The van der Waals surface area contributed by atoms with Crippen LogP contribution in [0, 0.1) is 0 Å². The van der Waals surface area contributed by atoms with Crippen molar-refractivity contribution in [2.24, 2.45) is 0 Å². The van der Waals surface area contributed by atoms with Gasteiger partial charge in [0.2, 0.25) is 10.0 Å². The van der Waals surface area contributed by atoms with Crippen molar-refractivity contribution >= 4 is 21.6 Å². The van der Waals surface area contributed by atoms with E-state index in [1.54, 1.807) is 36.4 Å². The molecule has 18 heavy (non-hydrogen) atoms. The maximum Gasteiger partial charge on any atom is 0.216 e. The average Bonchev–Trinajstić information content (AvgIpc) is 2.83. The van der Waals surface area contributed by atoms with Gasteiger partial charge < -0.3 is 4.42 Å². The van der Waals surface area contributed by atoms with Crippen molar-refractivity contribution in [3.8, 4) is 0 Å². The van der Waals surface area contributed by atoms with Gasteiger partial charge in [-0.1, -0.05) is 29.8 Å². The highest BCUT2D eigenvalue weighted by Crippen LogP contribution is 2.17. The standard InChI is InChI=1S/C12H12ClNO3S/c13-12-6-2-1-4-10(12)9-18(15,16)14-8-11-5-3-7-17-11/h1-7,14H,8-9H2. The maximum atomic E-state index is 11.8. The van der Waals surface area contributed by atoms with Gasteiger partial charge in [0, 0.05) is 5.02 Å². The lowest BCUT2D eigenvalue weighted by Crippen LogP contribution is -2.24. The van der Waals surface area contributed by atoms with Crippen LogP contribution in [0.15, 0.2) is 47.1 Å². The normalized spacial score (nSPS) is 11.6. The van der Waals surface area contributed by atoms with Crippen LogP contribution in [0.5, 0.6) is 0 Å². The second-order valence-electron chi connectivity index (χ2n) is 3.75. The minimum Gasteiger partial charge on any atom is -0.468 e. The molecule has 96 valence electrons. The zero-order valence-corrected chi connectivity index (χ0v) is 11.0. The Morgan fingerprint density at radius 2 is 1.94 bits per heavy atom. The number of benzene rings is 1. The zero-order valence-electron chi connectivity index (χ0n) is 9.47. The Morgan fingerprint density at radius 1 is 1.17 bits per heavy atom. The first kappa shape index (κ1) is 13.1. The highest BCUT2D eigenvalue weighted by molar-refractivity contribution is 7.88. The summed E-state index contributed by atoms with van der Waals surface area (Å²) < 4.78 is 31.2. The van der Waals surface area contributed by atoms with Crippen molar-refractivity contribution in [2.75, 3.05) is 0 Å². The minimum absolute atomic E-state index is 0.139. The third-order valence-corrected chi connectivity index (χ3v) is 3.99. The highest BCUT2D eigenvalue weighted by atomic mass is 35.5. The fourth-order valence-corrected chi connectivity index (χ4v) is 2.87. The van der Waals surface area contributed by atoms with Crippen LogP contribution >= 0.6 is 11.6 Å². The number of halogens is 1. The molecule has 2 aromatic rings. The van der Waals surface area contributed by atoms with Crippen LogP contribution in [0.1, 0.15) is 11.3 Å². The molecule has 0 aliphatic heterocycles. The third-order valence-electron chi connectivity index (χ3n) is 2.35. The molecule has 1 N–H and O–H groups in total. The molecule has 1 aromatic carbocycles. The molecule has 0 saturated carbocycles. The molecule has 0 aliphatic carbocycles. The van der Waals surface area contributed by atoms with E-state index in [2.05, 4.69) is 4.72 Å². The number of nitrogens with one attached hydrogen (secondary N) is 1. The third kappa shape index (κ3) is 3.60. The van der Waals surface area contributed by atoms with E-state index in [1.165, 1.54) is 6.26 Å². The summed E-state index contributed by atoms with van der Waals surface area (Å²) in [5, 5.41) is 0.445. The number of hydrogen-bond donors (Lipinski definition) is 1. The van der Waals surface area contributed by atoms with Crippen LogP contribution in [-0.2, 0) is 22.3 Å². The first-order valence-corrected chi connectivity index (χ1v) is 7.33. The molecule has 1 heterocycles. The van der Waals surface area contributed by atoms with Crippen molar-refractivity contribution in [3.05, 3.63) is 59.0 Å². The quantitative estimate of drug-likeness (QED) is 0.918. The van der Waals surface area contributed by atoms with E-state index >= 15 is 0 Å². The average molecular weight is 286 g/mol. The van der Waals surface area contributed by atoms with Crippen molar-refractivity contribution in [2.45, 2.75) is 12.3 Å². The van der Waals surface area contributed by atoms with E-state index in [0.717, 1.165) is 0 Å². The minimum atomic E-state index is -3.43. The molecule has 1 aromatic heterocycles. The first-order valence-electron chi connectivity index (χ1n) is 5.30. The zero-order chi connectivity index (χ0) is 13.0. The lowest BCUT2D eigenvalue weighted by molar-refractivity contribution is 0.498. The van der Waals surface area contributed by atoms with Crippen molar-refractivity contribution in [1.82, 2.24) is 4.72 Å². The Kier molecular flexibility index (Phi) is 4.06. The van der Waals surface area contributed by atoms with Crippen molar-refractivity contribution in [3.63, 3.8) is 0 Å². The summed E-state index contributed by atoms with van der Waals surface area (Å²) in [5.74, 6) is 0.422. The van der Waals surface area contributed by atoms with Crippen LogP contribution in [0.4, 0.5) is 0 Å². The number of rotatable bonds is 5. The molecule has 0 spiro atoms. The molecule has 0 amide bonds. The van der Waals surface area contributed by atoms with Gasteiger partial charge in [-0.25, -0.2) is 13.1 Å². The van der Waals surface area contributed by atoms with Crippen molar-refractivity contribution < 1.29 is 12.8 Å². The predicted octanol–water partition coefficient (Wildman–Crippen LogP) is 2.55. The van der Waals surface area contributed by atoms with Gasteiger partial charge in [-0.15, -0.1) is 0 Å². The van der Waals surface area contributed by atoms with E-state index in [0.29, 0.717) is 16.3 Å². The van der Waals surface area contributed by atoms with Gasteiger partial charge in [-0.05, 0) is 23.8 Å². The van der Waals surface area contributed by atoms with Gasteiger partial charge in [-0.2, -0.15) is 0 Å². The summed E-state index contributed by atoms with van der Waals surface area (Å²) in [6, 6.07) is 10.3. The van der Waals surface area contributed by atoms with E-state index in [4.69, 9.17) is 16.0 Å². The summed E-state index contributed by atoms with van der Waals surface area (Å²) in [5.41, 5.74) is 0.575. The Balaban J connectivity index is 2.02. The van der Waals surface area contributed by atoms with Crippen LogP contribution in [0.2, 0.25) is 5.02 Å². The van der Waals surface area contributed by atoms with E-state index in [9.17, 15) is 8.42 Å². The first-order chi connectivity index (χ1) is 8.57. The molecule has 0 atom stereocenters. The molecule has 6 heteroatoms. The fourth-order valence-electron chi connectivity index (χ4n) is 1.47. The summed E-state index contributed by atoms with van der Waals surface area (Å²) in [4.78, 5) is 0. The van der Waals surface area contributed by atoms with Crippen molar-refractivity contribution in [1.29, 1.82) is 0 Å². The topological polar surface area (TPSA) is 59.3 Å². The molecule has 4 nitrogen and oxygen atoms in total. The fraction of sp³-hybridized carbons (Fsp3) is 0.167. The second kappa shape index (κ2) is 5.56. The van der Waals surface area contributed by atoms with Crippen LogP contribution in [-0.4, -0.2) is 8.42 Å². The molecule has 0 aliphatic rings. The number of furan rings is 1. The lowest BCUT2D eigenvalue weighted by Gasteiger charge is -2.06. The van der Waals surface area contributed by atoms with Crippen LogP contribution in [0.3, 0.4) is 0 Å². The molecular weight excluding hydrogens is 274 g/mol. The molecule has 0 radical (unpaired) electrons. The van der Waals surface area contributed by atoms with E-state index < -0.39 is 10.0 Å². The summed E-state index contributed by atoms with van der Waals surface area (Å²) in [7, 11) is -3.43. The largest absolute Gasteiger partial charge is 0.468 e. The van der Waals surface area contributed by atoms with Crippen LogP contribution < -0.4 is 4.72 Å². The SMILES string of the molecule is O=S(=O)(Cc1ccccc1Cl)NCc1ccco1. The monoisotopic (exact) mass is 285 g/mol. The Hall–Kier alpha value is -1.30. The summed E-state index contributed by atoms with van der Waals surface area (Å²) in [6.07, 6.45) is 1.50. The second-order valence-corrected chi connectivity index (χ2v) is 5.97. The number of hydrogen-bond acceptors (Lipinski definition) is 3. The van der Waals surface area contributed by atoms with E-state index in [-0.39, 0.29) is 12.3 Å². The Bertz CT molecular complexity index is 608. The molecule has 0 fully saturated rings. The highest BCUT2D eigenvalue weighted by Gasteiger charge is 2.13. The molecule has 0 saturated heterocycles. The van der Waals surface area contributed by atoms with Gasteiger partial charge in [0.1, 0.15) is 5.76 Å². The molecular formula is C12H12ClNO3S. The lowest BCUT2D eigenvalue weighted by atomic mass is 10.2. The van der Waals surface area contributed by atoms with Gasteiger partial charge in [0.05, 0.1) is 18.6 Å². The van der Waals surface area contributed by atoms with Crippen LogP contribution in [0.25, 0.3) is 0 Å². The van der Waals surface area contributed by atoms with Gasteiger partial charge in [0.15, 0.2) is 0 Å². The maximum absolute atomic E-state index is 11.8. The number of sulfonamides is 1. The molecule has 0 bridgehead atoms.